The molecule has 14 heavy (non-hydrogen) atoms. The molecule has 1 heterocycles. The highest BCUT2D eigenvalue weighted by molar-refractivity contribution is 5.81. The Morgan fingerprint density at radius 3 is 2.36 bits per heavy atom. The number of likely N-dealkylation sites (tertiary alicyclic amines) is 1. The molecule has 1 saturated heterocycles. The molecule has 2 N–H and O–H groups in total. The molecular weight excluding hydrogens is 186 g/mol. The lowest BCUT2D eigenvalue weighted by atomic mass is 10.0. The van der Waals surface area contributed by atoms with E-state index >= 15 is 0 Å². The first-order chi connectivity index (χ1) is 6.37. The van der Waals surface area contributed by atoms with E-state index < -0.39 is 18.1 Å². The summed E-state index contributed by atoms with van der Waals surface area (Å²) in [5, 5.41) is 17.8. The number of rotatable bonds is 1. The summed E-state index contributed by atoms with van der Waals surface area (Å²) in [4.78, 5) is 22.7. The molecule has 5 heteroatoms. The molecule has 0 radical (unpaired) electrons. The van der Waals surface area contributed by atoms with E-state index in [2.05, 4.69) is 0 Å². The van der Waals surface area contributed by atoms with Gasteiger partial charge in [0.1, 0.15) is 6.04 Å². The zero-order chi connectivity index (χ0) is 10.7. The van der Waals surface area contributed by atoms with Gasteiger partial charge in [0.2, 0.25) is 0 Å². The maximum absolute atomic E-state index is 10.9. The average molecular weight is 199 g/mol. The van der Waals surface area contributed by atoms with Crippen LogP contribution in [0.1, 0.15) is 13.8 Å². The lowest BCUT2D eigenvalue weighted by Gasteiger charge is -2.25. The van der Waals surface area contributed by atoms with Crippen molar-refractivity contribution < 1.29 is 19.8 Å². The number of aliphatic carboxylic acids is 1. The van der Waals surface area contributed by atoms with E-state index in [0.717, 1.165) is 4.90 Å². The van der Waals surface area contributed by atoms with Crippen molar-refractivity contribution >= 4 is 12.1 Å². The number of amides is 1. The van der Waals surface area contributed by atoms with Crippen LogP contribution in [0, 0.1) is 17.3 Å². The van der Waals surface area contributed by atoms with E-state index in [1.807, 2.05) is 13.8 Å². The van der Waals surface area contributed by atoms with Gasteiger partial charge in [-0.2, -0.15) is 0 Å². The van der Waals surface area contributed by atoms with Crippen LogP contribution in [0.25, 0.3) is 0 Å². The summed E-state index contributed by atoms with van der Waals surface area (Å²) >= 11 is 0. The Bertz CT molecular complexity index is 312. The van der Waals surface area contributed by atoms with Gasteiger partial charge in [-0.25, -0.2) is 9.59 Å². The first kappa shape index (κ1) is 9.30. The van der Waals surface area contributed by atoms with Crippen molar-refractivity contribution in [3.63, 3.8) is 0 Å². The van der Waals surface area contributed by atoms with E-state index in [1.165, 1.54) is 0 Å². The van der Waals surface area contributed by atoms with Gasteiger partial charge in [0.15, 0.2) is 0 Å². The Morgan fingerprint density at radius 1 is 1.36 bits per heavy atom. The Kier molecular flexibility index (Phi) is 1.60. The third kappa shape index (κ3) is 0.951. The molecule has 0 aromatic rings. The van der Waals surface area contributed by atoms with Crippen molar-refractivity contribution in [1.82, 2.24) is 4.90 Å². The van der Waals surface area contributed by atoms with Crippen molar-refractivity contribution in [3.05, 3.63) is 0 Å². The van der Waals surface area contributed by atoms with E-state index in [4.69, 9.17) is 10.2 Å². The maximum atomic E-state index is 10.9. The third-order valence-corrected chi connectivity index (χ3v) is 3.71. The molecule has 0 bridgehead atoms. The van der Waals surface area contributed by atoms with Gasteiger partial charge in [-0.3, -0.25) is 4.90 Å². The van der Waals surface area contributed by atoms with Crippen LogP contribution in [0.15, 0.2) is 0 Å². The third-order valence-electron chi connectivity index (χ3n) is 3.71. The van der Waals surface area contributed by atoms with Crippen LogP contribution in [-0.4, -0.2) is 39.8 Å². The van der Waals surface area contributed by atoms with Gasteiger partial charge in [-0.15, -0.1) is 0 Å². The molecule has 3 atom stereocenters. The van der Waals surface area contributed by atoms with E-state index in [9.17, 15) is 9.59 Å². The number of nitrogens with zero attached hydrogens (tertiary/aromatic N) is 1. The normalized spacial score (nSPS) is 37.9. The summed E-state index contributed by atoms with van der Waals surface area (Å²) in [5.74, 6) is -0.804. The second-order valence-corrected chi connectivity index (χ2v) is 4.67. The van der Waals surface area contributed by atoms with Gasteiger partial charge < -0.3 is 10.2 Å². The predicted molar refractivity (Wildman–Crippen MR) is 46.9 cm³/mol. The molecule has 0 unspecified atom stereocenters. The fourth-order valence-corrected chi connectivity index (χ4v) is 2.77. The zero-order valence-electron chi connectivity index (χ0n) is 8.10. The summed E-state index contributed by atoms with van der Waals surface area (Å²) < 4.78 is 0. The monoisotopic (exact) mass is 199 g/mol. The highest BCUT2D eigenvalue weighted by atomic mass is 16.4. The molecule has 2 fully saturated rings. The first-order valence-electron chi connectivity index (χ1n) is 4.59. The Morgan fingerprint density at radius 2 is 1.93 bits per heavy atom. The standard InChI is InChI=1S/C9H13NO4/c1-9(2)4-3-10(8(13)14)6(5(4)9)7(11)12/h4-6H,3H2,1-2H3,(H,11,12)(H,13,14)/t4-,5-,6-/m0/s1. The van der Waals surface area contributed by atoms with Crippen molar-refractivity contribution in [2.75, 3.05) is 6.54 Å². The molecule has 1 amide bonds. The van der Waals surface area contributed by atoms with Crippen LogP contribution in [0.3, 0.4) is 0 Å². The van der Waals surface area contributed by atoms with Crippen LogP contribution in [-0.2, 0) is 4.79 Å². The van der Waals surface area contributed by atoms with Crippen LogP contribution in [0.4, 0.5) is 4.79 Å². The molecule has 0 spiro atoms. The summed E-state index contributed by atoms with van der Waals surface area (Å²) in [5.41, 5.74) is -0.00495. The SMILES string of the molecule is CC1(C)[C@@H]2[C@@H](C(=O)O)N(C(=O)O)C[C@@H]21. The van der Waals surface area contributed by atoms with Gasteiger partial charge in [0.25, 0.3) is 0 Å². The topological polar surface area (TPSA) is 77.8 Å². The maximum Gasteiger partial charge on any atom is 0.408 e. The highest BCUT2D eigenvalue weighted by Crippen LogP contribution is 2.64. The van der Waals surface area contributed by atoms with Gasteiger partial charge >= 0.3 is 12.1 Å². The summed E-state index contributed by atoms with van der Waals surface area (Å²) in [6, 6.07) is -0.840. The molecule has 0 aromatic heterocycles. The molecule has 5 nitrogen and oxygen atoms in total. The number of carbonyl (C=O) groups is 2. The molecule has 2 aliphatic rings. The molecule has 78 valence electrons. The van der Waals surface area contributed by atoms with Gasteiger partial charge in [-0.1, -0.05) is 13.8 Å². The minimum Gasteiger partial charge on any atom is -0.480 e. The molecule has 1 saturated carbocycles. The van der Waals surface area contributed by atoms with Crippen molar-refractivity contribution in [3.8, 4) is 0 Å². The number of fused-ring (bicyclic) bond motifs is 1. The van der Waals surface area contributed by atoms with Gasteiger partial charge in [-0.05, 0) is 11.3 Å². The Hall–Kier alpha value is -1.26. The minimum atomic E-state index is -1.12. The summed E-state index contributed by atoms with van der Waals surface area (Å²) in [6.07, 6.45) is -1.12. The number of carboxylic acids is 1. The van der Waals surface area contributed by atoms with Crippen molar-refractivity contribution in [2.24, 2.45) is 17.3 Å². The Labute approximate surface area is 81.3 Å². The zero-order valence-corrected chi connectivity index (χ0v) is 8.10. The fraction of sp³-hybridized carbons (Fsp3) is 0.778. The molecule has 2 rings (SSSR count). The number of piperidine rings is 1. The summed E-state index contributed by atoms with van der Waals surface area (Å²) in [6.45, 7) is 4.36. The smallest absolute Gasteiger partial charge is 0.408 e. The quantitative estimate of drug-likeness (QED) is 0.651. The Balaban J connectivity index is 2.23. The van der Waals surface area contributed by atoms with Gasteiger partial charge in [0.05, 0.1) is 0 Å². The first-order valence-corrected chi connectivity index (χ1v) is 4.59. The molecular formula is C9H13NO4. The number of carboxylic acid groups (broad SMARTS) is 2. The molecule has 1 aliphatic heterocycles. The van der Waals surface area contributed by atoms with Gasteiger partial charge in [0, 0.05) is 12.5 Å². The number of hydrogen-bond acceptors (Lipinski definition) is 2. The lowest BCUT2D eigenvalue weighted by molar-refractivity contribution is -0.143. The molecule has 1 aliphatic carbocycles. The second kappa shape index (κ2) is 2.40. The summed E-state index contributed by atoms with van der Waals surface area (Å²) in [7, 11) is 0. The minimum absolute atomic E-state index is 0.00361. The van der Waals surface area contributed by atoms with E-state index in [1.54, 1.807) is 0 Å². The largest absolute Gasteiger partial charge is 0.480 e. The average Bonchev–Trinajstić information content (AvgIpc) is 2.47. The van der Waals surface area contributed by atoms with Crippen LogP contribution < -0.4 is 0 Å². The second-order valence-electron chi connectivity index (χ2n) is 4.67. The fourth-order valence-electron chi connectivity index (χ4n) is 2.77. The molecule has 0 aromatic carbocycles. The van der Waals surface area contributed by atoms with E-state index in [0.29, 0.717) is 6.54 Å². The predicted octanol–water partition coefficient (Wildman–Crippen LogP) is 0.705. The van der Waals surface area contributed by atoms with Crippen LogP contribution in [0.2, 0.25) is 0 Å². The van der Waals surface area contributed by atoms with E-state index in [-0.39, 0.29) is 17.3 Å². The van der Waals surface area contributed by atoms with Crippen molar-refractivity contribution in [2.45, 2.75) is 19.9 Å². The number of hydrogen-bond donors (Lipinski definition) is 2. The lowest BCUT2D eigenvalue weighted by Crippen LogP contribution is -2.44. The van der Waals surface area contributed by atoms with Crippen molar-refractivity contribution in [1.29, 1.82) is 0 Å². The van der Waals surface area contributed by atoms with Crippen LogP contribution >= 0.6 is 0 Å². The van der Waals surface area contributed by atoms with Crippen LogP contribution in [0.5, 0.6) is 0 Å². The highest BCUT2D eigenvalue weighted by Gasteiger charge is 2.69.